The van der Waals surface area contributed by atoms with E-state index in [9.17, 15) is 4.39 Å². The average molecular weight is 225 g/mol. The summed E-state index contributed by atoms with van der Waals surface area (Å²) in [5.41, 5.74) is 0.763. The minimum absolute atomic E-state index is 0.123. The monoisotopic (exact) mass is 225 g/mol. The van der Waals surface area contributed by atoms with E-state index in [0.717, 1.165) is 18.7 Å². The normalized spacial score (nSPS) is 12.7. The summed E-state index contributed by atoms with van der Waals surface area (Å²) in [7, 11) is 0. The first-order chi connectivity index (χ1) is 7.74. The van der Waals surface area contributed by atoms with Gasteiger partial charge in [0, 0.05) is 12.6 Å². The largest absolute Gasteiger partial charge is 0.380 e. The minimum atomic E-state index is -0.123. The second-order valence-corrected chi connectivity index (χ2v) is 3.86. The lowest BCUT2D eigenvalue weighted by atomic mass is 10.1. The van der Waals surface area contributed by atoms with Crippen molar-refractivity contribution in [1.29, 1.82) is 0 Å². The molecule has 1 atom stereocenters. The molecule has 0 aromatic heterocycles. The van der Waals surface area contributed by atoms with Crippen molar-refractivity contribution in [2.24, 2.45) is 0 Å². The first-order valence-electron chi connectivity index (χ1n) is 5.78. The van der Waals surface area contributed by atoms with Gasteiger partial charge in [0.05, 0.1) is 6.61 Å². The van der Waals surface area contributed by atoms with Gasteiger partial charge >= 0.3 is 0 Å². The molecule has 1 aromatic carbocycles. The summed E-state index contributed by atoms with van der Waals surface area (Å²) in [4.78, 5) is 0. The summed E-state index contributed by atoms with van der Waals surface area (Å²) in [6, 6.07) is 7.21. The average Bonchev–Trinajstić information content (AvgIpc) is 2.29. The van der Waals surface area contributed by atoms with Crippen LogP contribution in [0, 0.1) is 5.82 Å². The molecule has 2 nitrogen and oxygen atoms in total. The SMILES string of the molecule is CCOCC(C)NCCc1ccccc1F. The first kappa shape index (κ1) is 13.1. The van der Waals surface area contributed by atoms with Crippen molar-refractivity contribution >= 4 is 0 Å². The quantitative estimate of drug-likeness (QED) is 0.769. The summed E-state index contributed by atoms with van der Waals surface area (Å²) in [6.07, 6.45) is 0.711. The third-order valence-corrected chi connectivity index (χ3v) is 2.42. The molecule has 90 valence electrons. The van der Waals surface area contributed by atoms with E-state index in [-0.39, 0.29) is 5.82 Å². The van der Waals surface area contributed by atoms with Gasteiger partial charge in [0.15, 0.2) is 0 Å². The zero-order chi connectivity index (χ0) is 11.8. The number of benzene rings is 1. The number of nitrogens with one attached hydrogen (secondary N) is 1. The molecule has 0 aliphatic rings. The van der Waals surface area contributed by atoms with Crippen LogP contribution >= 0.6 is 0 Å². The van der Waals surface area contributed by atoms with Gasteiger partial charge in [0.1, 0.15) is 5.82 Å². The molecule has 0 radical (unpaired) electrons. The minimum Gasteiger partial charge on any atom is -0.380 e. The van der Waals surface area contributed by atoms with Crippen molar-refractivity contribution in [3.63, 3.8) is 0 Å². The van der Waals surface area contributed by atoms with Crippen LogP contribution in [0.5, 0.6) is 0 Å². The predicted molar refractivity (Wildman–Crippen MR) is 64.1 cm³/mol. The summed E-state index contributed by atoms with van der Waals surface area (Å²) >= 11 is 0. The molecule has 0 heterocycles. The Hall–Kier alpha value is -0.930. The number of hydrogen-bond acceptors (Lipinski definition) is 2. The molecule has 3 heteroatoms. The van der Waals surface area contributed by atoms with E-state index in [1.807, 2.05) is 19.1 Å². The number of hydrogen-bond donors (Lipinski definition) is 1. The Labute approximate surface area is 96.8 Å². The van der Waals surface area contributed by atoms with Crippen LogP contribution in [-0.2, 0) is 11.2 Å². The van der Waals surface area contributed by atoms with Gasteiger partial charge in [-0.25, -0.2) is 4.39 Å². The number of rotatable bonds is 7. The highest BCUT2D eigenvalue weighted by Crippen LogP contribution is 2.06. The van der Waals surface area contributed by atoms with Crippen LogP contribution in [-0.4, -0.2) is 25.8 Å². The second-order valence-electron chi connectivity index (χ2n) is 3.86. The highest BCUT2D eigenvalue weighted by atomic mass is 19.1. The van der Waals surface area contributed by atoms with Crippen molar-refractivity contribution < 1.29 is 9.13 Å². The van der Waals surface area contributed by atoms with E-state index < -0.39 is 0 Å². The molecule has 1 rings (SSSR count). The number of ether oxygens (including phenoxy) is 1. The maximum absolute atomic E-state index is 13.3. The fourth-order valence-electron chi connectivity index (χ4n) is 1.51. The Morgan fingerprint density at radius 2 is 2.12 bits per heavy atom. The Morgan fingerprint density at radius 1 is 1.38 bits per heavy atom. The van der Waals surface area contributed by atoms with Crippen molar-refractivity contribution in [3.05, 3.63) is 35.6 Å². The Balaban J connectivity index is 2.23. The fourth-order valence-corrected chi connectivity index (χ4v) is 1.51. The zero-order valence-corrected chi connectivity index (χ0v) is 10.0. The topological polar surface area (TPSA) is 21.3 Å². The Morgan fingerprint density at radius 3 is 2.81 bits per heavy atom. The standard InChI is InChI=1S/C13H20FNO/c1-3-16-10-11(2)15-9-8-12-6-4-5-7-13(12)14/h4-7,11,15H,3,8-10H2,1-2H3. The molecule has 1 unspecified atom stereocenters. The lowest BCUT2D eigenvalue weighted by Gasteiger charge is -2.13. The molecular weight excluding hydrogens is 205 g/mol. The molecule has 1 N–H and O–H groups in total. The van der Waals surface area contributed by atoms with Gasteiger partial charge in [-0.1, -0.05) is 18.2 Å². The van der Waals surface area contributed by atoms with Gasteiger partial charge in [-0.2, -0.15) is 0 Å². The van der Waals surface area contributed by atoms with Crippen LogP contribution in [0.4, 0.5) is 4.39 Å². The molecule has 1 aromatic rings. The summed E-state index contributed by atoms with van der Waals surface area (Å²) in [5.74, 6) is -0.123. The Bertz CT molecular complexity index is 304. The third-order valence-electron chi connectivity index (χ3n) is 2.42. The second kappa shape index (κ2) is 7.36. The molecule has 0 saturated heterocycles. The predicted octanol–water partition coefficient (Wildman–Crippen LogP) is 2.38. The first-order valence-corrected chi connectivity index (χ1v) is 5.78. The molecule has 0 aliphatic carbocycles. The summed E-state index contributed by atoms with van der Waals surface area (Å²) in [5, 5.41) is 3.30. The van der Waals surface area contributed by atoms with E-state index in [1.165, 1.54) is 6.07 Å². The van der Waals surface area contributed by atoms with Gasteiger partial charge in [-0.15, -0.1) is 0 Å². The lowest BCUT2D eigenvalue weighted by Crippen LogP contribution is -2.32. The molecule has 0 saturated carbocycles. The molecule has 0 spiro atoms. The van der Waals surface area contributed by atoms with Crippen LogP contribution in [0.3, 0.4) is 0 Å². The van der Waals surface area contributed by atoms with Crippen LogP contribution < -0.4 is 5.32 Å². The van der Waals surface area contributed by atoms with Crippen molar-refractivity contribution in [1.82, 2.24) is 5.32 Å². The molecule has 0 bridgehead atoms. The van der Waals surface area contributed by atoms with Gasteiger partial charge in [-0.3, -0.25) is 0 Å². The van der Waals surface area contributed by atoms with Crippen LogP contribution in [0.25, 0.3) is 0 Å². The van der Waals surface area contributed by atoms with Gasteiger partial charge in [0.2, 0.25) is 0 Å². The van der Waals surface area contributed by atoms with Gasteiger partial charge < -0.3 is 10.1 Å². The van der Waals surface area contributed by atoms with E-state index in [1.54, 1.807) is 6.07 Å². The molecule has 16 heavy (non-hydrogen) atoms. The fraction of sp³-hybridized carbons (Fsp3) is 0.538. The van der Waals surface area contributed by atoms with Crippen LogP contribution in [0.2, 0.25) is 0 Å². The van der Waals surface area contributed by atoms with Crippen molar-refractivity contribution in [3.8, 4) is 0 Å². The molecule has 0 aliphatic heterocycles. The van der Waals surface area contributed by atoms with E-state index in [2.05, 4.69) is 12.2 Å². The molecule has 0 fully saturated rings. The van der Waals surface area contributed by atoms with Gasteiger partial charge in [-0.05, 0) is 38.4 Å². The zero-order valence-electron chi connectivity index (χ0n) is 10.0. The highest BCUT2D eigenvalue weighted by molar-refractivity contribution is 5.17. The lowest BCUT2D eigenvalue weighted by molar-refractivity contribution is 0.127. The smallest absolute Gasteiger partial charge is 0.126 e. The highest BCUT2D eigenvalue weighted by Gasteiger charge is 2.03. The van der Waals surface area contributed by atoms with E-state index in [0.29, 0.717) is 19.1 Å². The van der Waals surface area contributed by atoms with Crippen molar-refractivity contribution in [2.75, 3.05) is 19.8 Å². The Kier molecular flexibility index (Phi) is 6.04. The number of halogens is 1. The maximum Gasteiger partial charge on any atom is 0.126 e. The summed E-state index contributed by atoms with van der Waals surface area (Å²) < 4.78 is 18.5. The van der Waals surface area contributed by atoms with Gasteiger partial charge in [0.25, 0.3) is 0 Å². The van der Waals surface area contributed by atoms with Crippen molar-refractivity contribution in [2.45, 2.75) is 26.3 Å². The van der Waals surface area contributed by atoms with Crippen LogP contribution in [0.15, 0.2) is 24.3 Å². The van der Waals surface area contributed by atoms with E-state index >= 15 is 0 Å². The summed E-state index contributed by atoms with van der Waals surface area (Å²) in [6.45, 7) is 6.26. The van der Waals surface area contributed by atoms with E-state index in [4.69, 9.17) is 4.74 Å². The third kappa shape index (κ3) is 4.73. The maximum atomic E-state index is 13.3. The molecule has 0 amide bonds. The van der Waals surface area contributed by atoms with Crippen LogP contribution in [0.1, 0.15) is 19.4 Å². The molecular formula is C13H20FNO.